The number of rotatable bonds is 6. The molecule has 2 atom stereocenters. The fraction of sp³-hybridized carbons (Fsp3) is 0.667. The van der Waals surface area contributed by atoms with Gasteiger partial charge in [-0.1, -0.05) is 26.0 Å². The highest BCUT2D eigenvalue weighted by Gasteiger charge is 2.24. The molecule has 3 heteroatoms. The highest BCUT2D eigenvalue weighted by molar-refractivity contribution is 5.78. The summed E-state index contributed by atoms with van der Waals surface area (Å²) >= 11 is 0. The number of amides is 1. The van der Waals surface area contributed by atoms with Crippen molar-refractivity contribution in [3.05, 3.63) is 25.3 Å². The number of piperidine rings is 1. The molecule has 0 spiro atoms. The van der Waals surface area contributed by atoms with Crippen molar-refractivity contribution >= 4 is 5.91 Å². The molecule has 1 fully saturated rings. The second-order valence-corrected chi connectivity index (χ2v) is 5.52. The summed E-state index contributed by atoms with van der Waals surface area (Å²) in [4.78, 5) is 16.3. The van der Waals surface area contributed by atoms with Gasteiger partial charge in [-0.25, -0.2) is 0 Å². The van der Waals surface area contributed by atoms with Crippen LogP contribution in [0.5, 0.6) is 0 Å². The lowest BCUT2D eigenvalue weighted by molar-refractivity contribution is -0.132. The van der Waals surface area contributed by atoms with E-state index in [1.165, 1.54) is 6.42 Å². The molecular weight excluding hydrogens is 224 g/mol. The van der Waals surface area contributed by atoms with Gasteiger partial charge in [0.15, 0.2) is 0 Å². The number of hydrogen-bond donors (Lipinski definition) is 0. The Balaban J connectivity index is 2.50. The van der Waals surface area contributed by atoms with Crippen LogP contribution in [0.25, 0.3) is 0 Å². The average Bonchev–Trinajstić information content (AvgIpc) is 2.27. The first kappa shape index (κ1) is 15.0. The minimum Gasteiger partial charge on any atom is -0.334 e. The molecule has 1 aliphatic rings. The van der Waals surface area contributed by atoms with Crippen molar-refractivity contribution in [3.8, 4) is 0 Å². The zero-order valence-electron chi connectivity index (χ0n) is 11.8. The summed E-state index contributed by atoms with van der Waals surface area (Å²) < 4.78 is 0. The monoisotopic (exact) mass is 250 g/mol. The second-order valence-electron chi connectivity index (χ2n) is 5.52. The Bertz CT molecular complexity index is 281. The molecule has 1 saturated heterocycles. The highest BCUT2D eigenvalue weighted by atomic mass is 16.2. The largest absolute Gasteiger partial charge is 0.334 e. The summed E-state index contributed by atoms with van der Waals surface area (Å²) in [6.45, 7) is 15.7. The summed E-state index contributed by atoms with van der Waals surface area (Å²) in [5.74, 6) is 1.55. The number of likely N-dealkylation sites (tertiary alicyclic amines) is 1. The lowest BCUT2D eigenvalue weighted by Crippen LogP contribution is -2.46. The Morgan fingerprint density at radius 2 is 1.72 bits per heavy atom. The zero-order chi connectivity index (χ0) is 13.5. The Kier molecular flexibility index (Phi) is 6.13. The minimum absolute atomic E-state index is 0.177. The molecule has 1 heterocycles. The summed E-state index contributed by atoms with van der Waals surface area (Å²) in [7, 11) is 0. The van der Waals surface area contributed by atoms with Gasteiger partial charge in [0.05, 0.1) is 6.54 Å². The second kappa shape index (κ2) is 7.37. The zero-order valence-corrected chi connectivity index (χ0v) is 11.8. The Morgan fingerprint density at radius 3 is 2.17 bits per heavy atom. The molecule has 0 radical (unpaired) electrons. The number of carbonyl (C=O) groups excluding carboxylic acids is 1. The van der Waals surface area contributed by atoms with Gasteiger partial charge in [0.1, 0.15) is 0 Å². The molecule has 0 aromatic heterocycles. The van der Waals surface area contributed by atoms with Crippen LogP contribution in [-0.4, -0.2) is 48.4 Å². The van der Waals surface area contributed by atoms with Crippen molar-refractivity contribution in [2.24, 2.45) is 11.8 Å². The van der Waals surface area contributed by atoms with E-state index >= 15 is 0 Å². The minimum atomic E-state index is 0.177. The van der Waals surface area contributed by atoms with Crippen molar-refractivity contribution in [3.63, 3.8) is 0 Å². The van der Waals surface area contributed by atoms with Crippen molar-refractivity contribution < 1.29 is 4.79 Å². The van der Waals surface area contributed by atoms with Crippen LogP contribution in [0, 0.1) is 11.8 Å². The molecule has 1 amide bonds. The third-order valence-electron chi connectivity index (χ3n) is 3.36. The molecule has 18 heavy (non-hydrogen) atoms. The molecule has 0 aromatic carbocycles. The van der Waals surface area contributed by atoms with Crippen LogP contribution in [0.4, 0.5) is 0 Å². The predicted octanol–water partition coefficient (Wildman–Crippen LogP) is 2.16. The van der Waals surface area contributed by atoms with Crippen LogP contribution in [0.1, 0.15) is 20.3 Å². The lowest BCUT2D eigenvalue weighted by Gasteiger charge is -2.35. The summed E-state index contributed by atoms with van der Waals surface area (Å²) in [6.07, 6.45) is 4.80. The number of carbonyl (C=O) groups is 1. The van der Waals surface area contributed by atoms with Gasteiger partial charge in [-0.3, -0.25) is 9.69 Å². The van der Waals surface area contributed by atoms with Crippen LogP contribution in [0.2, 0.25) is 0 Å². The van der Waals surface area contributed by atoms with Crippen molar-refractivity contribution in [2.45, 2.75) is 20.3 Å². The molecule has 0 aromatic rings. The first-order chi connectivity index (χ1) is 8.56. The molecule has 2 unspecified atom stereocenters. The van der Waals surface area contributed by atoms with Gasteiger partial charge in [0.25, 0.3) is 0 Å². The first-order valence-corrected chi connectivity index (χ1v) is 6.78. The van der Waals surface area contributed by atoms with Gasteiger partial charge in [-0.05, 0) is 18.3 Å². The van der Waals surface area contributed by atoms with E-state index in [4.69, 9.17) is 0 Å². The van der Waals surface area contributed by atoms with Gasteiger partial charge in [0, 0.05) is 26.2 Å². The van der Waals surface area contributed by atoms with Crippen LogP contribution in [0.15, 0.2) is 25.3 Å². The summed E-state index contributed by atoms with van der Waals surface area (Å²) in [5, 5.41) is 0. The van der Waals surface area contributed by atoms with Gasteiger partial charge in [0.2, 0.25) is 5.91 Å². The number of hydrogen-bond acceptors (Lipinski definition) is 2. The average molecular weight is 250 g/mol. The van der Waals surface area contributed by atoms with Gasteiger partial charge >= 0.3 is 0 Å². The van der Waals surface area contributed by atoms with E-state index in [-0.39, 0.29) is 5.91 Å². The third-order valence-corrected chi connectivity index (χ3v) is 3.36. The smallest absolute Gasteiger partial charge is 0.237 e. The molecule has 1 aliphatic heterocycles. The quantitative estimate of drug-likeness (QED) is 0.675. The first-order valence-electron chi connectivity index (χ1n) is 6.78. The summed E-state index contributed by atoms with van der Waals surface area (Å²) in [6, 6.07) is 0. The fourth-order valence-corrected chi connectivity index (χ4v) is 2.80. The number of nitrogens with zero attached hydrogens (tertiary/aromatic N) is 2. The molecular formula is C15H26N2O. The normalized spacial score (nSPS) is 24.6. The van der Waals surface area contributed by atoms with Gasteiger partial charge in [-0.15, -0.1) is 13.2 Å². The molecule has 0 N–H and O–H groups in total. The highest BCUT2D eigenvalue weighted by Crippen LogP contribution is 2.20. The van der Waals surface area contributed by atoms with E-state index in [1.54, 1.807) is 17.1 Å². The Labute approximate surface area is 111 Å². The SMILES string of the molecule is C=CCN(CC=C)C(=O)CN1CC(C)CC(C)C1. The van der Waals surface area contributed by atoms with E-state index in [2.05, 4.69) is 31.9 Å². The van der Waals surface area contributed by atoms with Crippen LogP contribution >= 0.6 is 0 Å². The summed E-state index contributed by atoms with van der Waals surface area (Å²) in [5.41, 5.74) is 0. The molecule has 0 aliphatic carbocycles. The van der Waals surface area contributed by atoms with Gasteiger partial charge < -0.3 is 4.90 Å². The maximum absolute atomic E-state index is 12.2. The molecule has 0 bridgehead atoms. The van der Waals surface area contributed by atoms with Crippen LogP contribution in [0.3, 0.4) is 0 Å². The maximum atomic E-state index is 12.2. The third kappa shape index (κ3) is 4.65. The Hall–Kier alpha value is -1.09. The van der Waals surface area contributed by atoms with Gasteiger partial charge in [-0.2, -0.15) is 0 Å². The van der Waals surface area contributed by atoms with E-state index in [0.717, 1.165) is 13.1 Å². The van der Waals surface area contributed by atoms with Crippen molar-refractivity contribution in [1.29, 1.82) is 0 Å². The molecule has 3 nitrogen and oxygen atoms in total. The van der Waals surface area contributed by atoms with E-state index in [1.807, 2.05) is 0 Å². The van der Waals surface area contributed by atoms with Crippen molar-refractivity contribution in [2.75, 3.05) is 32.7 Å². The topological polar surface area (TPSA) is 23.6 Å². The van der Waals surface area contributed by atoms with E-state index in [0.29, 0.717) is 31.5 Å². The van der Waals surface area contributed by atoms with E-state index < -0.39 is 0 Å². The lowest BCUT2D eigenvalue weighted by atomic mass is 9.92. The van der Waals surface area contributed by atoms with Crippen LogP contribution in [-0.2, 0) is 4.79 Å². The predicted molar refractivity (Wildman–Crippen MR) is 76.4 cm³/mol. The molecule has 1 rings (SSSR count). The molecule has 102 valence electrons. The van der Waals surface area contributed by atoms with Crippen LogP contribution < -0.4 is 0 Å². The van der Waals surface area contributed by atoms with E-state index in [9.17, 15) is 4.79 Å². The fourth-order valence-electron chi connectivity index (χ4n) is 2.80. The standard InChI is InChI=1S/C15H26N2O/c1-5-7-17(8-6-2)15(18)12-16-10-13(3)9-14(4)11-16/h5-6,13-14H,1-2,7-12H2,3-4H3. The van der Waals surface area contributed by atoms with Crippen molar-refractivity contribution in [1.82, 2.24) is 9.80 Å². The molecule has 0 saturated carbocycles. The maximum Gasteiger partial charge on any atom is 0.237 e. The Morgan fingerprint density at radius 1 is 1.22 bits per heavy atom.